The van der Waals surface area contributed by atoms with Crippen LogP contribution in [0.2, 0.25) is 0 Å². The highest BCUT2D eigenvalue weighted by molar-refractivity contribution is 7.27. The van der Waals surface area contributed by atoms with E-state index in [1.54, 1.807) is 0 Å². The van der Waals surface area contributed by atoms with Gasteiger partial charge in [-0.05, 0) is 90.6 Å². The van der Waals surface area contributed by atoms with Crippen LogP contribution >= 0.6 is 11.3 Å². The van der Waals surface area contributed by atoms with Gasteiger partial charge >= 0.3 is 0 Å². The molecule has 0 saturated heterocycles. The lowest BCUT2D eigenvalue weighted by molar-refractivity contribution is 1.19. The molecule has 9 aromatic carbocycles. The third kappa shape index (κ3) is 3.41. The number of hydrogen-bond acceptors (Lipinski definition) is 1. The standard InChI is InChI=1S/C48H27NS/c1-2-11-34-33(10-1)36-17-9-16-35-32(24-25-38(34)44(35)36)30-21-20-29-27-31(23-22-28(29)26-30)49-42-18-7-5-14-40(42)46-47(49)39-13-4-3-12-37(39)45-41-15-6-8-19-43(41)50-48(45)46/h1-27H. The van der Waals surface area contributed by atoms with Crippen LogP contribution in [0.3, 0.4) is 0 Å². The first-order valence-electron chi connectivity index (χ1n) is 17.3. The summed E-state index contributed by atoms with van der Waals surface area (Å²) < 4.78 is 5.21. The summed E-state index contributed by atoms with van der Waals surface area (Å²) in [7, 11) is 0. The van der Waals surface area contributed by atoms with Gasteiger partial charge in [0.15, 0.2) is 0 Å². The molecule has 1 nitrogen and oxygen atoms in total. The Labute approximate surface area is 291 Å². The van der Waals surface area contributed by atoms with Gasteiger partial charge in [-0.25, -0.2) is 0 Å². The zero-order chi connectivity index (χ0) is 32.5. The summed E-state index contributed by atoms with van der Waals surface area (Å²) in [5, 5.41) is 13.1. The van der Waals surface area contributed by atoms with E-state index in [0.717, 1.165) is 0 Å². The van der Waals surface area contributed by atoms with Gasteiger partial charge in [0.2, 0.25) is 0 Å². The van der Waals surface area contributed by atoms with Crippen molar-refractivity contribution >= 4 is 85.6 Å². The number of aromatic nitrogens is 1. The number of nitrogens with zero attached hydrogens (tertiary/aromatic N) is 1. The maximum Gasteiger partial charge on any atom is 0.0634 e. The lowest BCUT2D eigenvalue weighted by atomic mass is 9.93. The van der Waals surface area contributed by atoms with Crippen LogP contribution in [-0.4, -0.2) is 4.57 Å². The van der Waals surface area contributed by atoms with Crippen molar-refractivity contribution in [1.82, 2.24) is 4.57 Å². The molecule has 0 bridgehead atoms. The normalized spacial score (nSPS) is 12.4. The zero-order valence-corrected chi connectivity index (χ0v) is 27.8. The second-order valence-corrected chi connectivity index (χ2v) is 14.7. The molecular formula is C48H27NS. The summed E-state index contributed by atoms with van der Waals surface area (Å²) in [6.45, 7) is 0. The number of fused-ring (bicyclic) bond motifs is 14. The minimum atomic E-state index is 1.19. The minimum Gasteiger partial charge on any atom is -0.309 e. The van der Waals surface area contributed by atoms with Crippen LogP contribution in [0.1, 0.15) is 0 Å². The highest BCUT2D eigenvalue weighted by atomic mass is 32.1. The van der Waals surface area contributed by atoms with E-state index in [1.165, 1.54) is 113 Å². The van der Waals surface area contributed by atoms with Crippen LogP contribution in [-0.2, 0) is 0 Å². The number of hydrogen-bond donors (Lipinski definition) is 0. The monoisotopic (exact) mass is 649 g/mol. The first-order chi connectivity index (χ1) is 24.8. The van der Waals surface area contributed by atoms with E-state index in [0.29, 0.717) is 0 Å². The maximum atomic E-state index is 2.51. The largest absolute Gasteiger partial charge is 0.309 e. The van der Waals surface area contributed by atoms with Crippen molar-refractivity contribution in [3.63, 3.8) is 0 Å². The number of para-hydroxylation sites is 1. The predicted octanol–water partition coefficient (Wildman–Crippen LogP) is 13.9. The molecule has 0 radical (unpaired) electrons. The average Bonchev–Trinajstić information content (AvgIpc) is 3.84. The van der Waals surface area contributed by atoms with Gasteiger partial charge in [-0.15, -0.1) is 11.3 Å². The Balaban J connectivity index is 1.09. The molecule has 0 spiro atoms. The maximum absolute atomic E-state index is 2.51. The molecule has 50 heavy (non-hydrogen) atoms. The first kappa shape index (κ1) is 26.7. The second kappa shape index (κ2) is 9.69. The van der Waals surface area contributed by atoms with Crippen molar-refractivity contribution in [2.75, 3.05) is 0 Å². The van der Waals surface area contributed by atoms with Crippen LogP contribution in [0.4, 0.5) is 0 Å². The molecular weight excluding hydrogens is 623 g/mol. The fourth-order valence-corrected chi connectivity index (χ4v) is 10.3. The minimum absolute atomic E-state index is 1.19. The Kier molecular flexibility index (Phi) is 5.18. The Morgan fingerprint density at radius 1 is 0.380 bits per heavy atom. The molecule has 230 valence electrons. The molecule has 0 N–H and O–H groups in total. The van der Waals surface area contributed by atoms with E-state index in [2.05, 4.69) is 168 Å². The first-order valence-corrected chi connectivity index (χ1v) is 18.1. The van der Waals surface area contributed by atoms with E-state index in [-0.39, 0.29) is 0 Å². The van der Waals surface area contributed by atoms with Gasteiger partial charge in [-0.3, -0.25) is 0 Å². The third-order valence-electron chi connectivity index (χ3n) is 11.1. The highest BCUT2D eigenvalue weighted by Gasteiger charge is 2.23. The van der Waals surface area contributed by atoms with Gasteiger partial charge in [0.25, 0.3) is 0 Å². The summed E-state index contributed by atoms with van der Waals surface area (Å²) in [4.78, 5) is 0. The summed E-state index contributed by atoms with van der Waals surface area (Å²) in [5.74, 6) is 0. The quantitative estimate of drug-likeness (QED) is 0.176. The lowest BCUT2D eigenvalue weighted by Crippen LogP contribution is -1.95. The highest BCUT2D eigenvalue weighted by Crippen LogP contribution is 2.50. The van der Waals surface area contributed by atoms with Crippen LogP contribution < -0.4 is 0 Å². The SMILES string of the molecule is c1ccc2c(c1)-c1cccc3c(-c4ccc5cc(-n6c7ccccc7c7c8sc9ccccc9c8c8ccccc8c76)ccc5c4)ccc-2c13. The van der Waals surface area contributed by atoms with E-state index >= 15 is 0 Å². The number of benzene rings is 9. The third-order valence-corrected chi connectivity index (χ3v) is 12.3. The molecule has 1 aliphatic rings. The molecule has 11 aromatic rings. The van der Waals surface area contributed by atoms with Crippen molar-refractivity contribution in [1.29, 1.82) is 0 Å². The fourth-order valence-electron chi connectivity index (χ4n) is 8.99. The predicted molar refractivity (Wildman–Crippen MR) is 216 cm³/mol. The summed E-state index contributed by atoms with van der Waals surface area (Å²) in [6, 6.07) is 61.0. The Morgan fingerprint density at radius 3 is 1.90 bits per heavy atom. The van der Waals surface area contributed by atoms with Gasteiger partial charge in [0.1, 0.15) is 0 Å². The van der Waals surface area contributed by atoms with E-state index in [4.69, 9.17) is 0 Å². The van der Waals surface area contributed by atoms with Crippen LogP contribution in [0.25, 0.3) is 113 Å². The molecule has 0 unspecified atom stereocenters. The van der Waals surface area contributed by atoms with Crippen LogP contribution in [0.5, 0.6) is 0 Å². The molecule has 0 fully saturated rings. The fraction of sp³-hybridized carbons (Fsp3) is 0. The topological polar surface area (TPSA) is 4.93 Å². The molecule has 2 aromatic heterocycles. The van der Waals surface area contributed by atoms with Crippen molar-refractivity contribution < 1.29 is 0 Å². The van der Waals surface area contributed by atoms with E-state index in [9.17, 15) is 0 Å². The van der Waals surface area contributed by atoms with Crippen LogP contribution in [0, 0.1) is 0 Å². The molecule has 0 saturated carbocycles. The zero-order valence-electron chi connectivity index (χ0n) is 26.9. The molecule has 0 atom stereocenters. The molecule has 0 amide bonds. The van der Waals surface area contributed by atoms with Gasteiger partial charge in [-0.2, -0.15) is 0 Å². The van der Waals surface area contributed by atoms with E-state index in [1.807, 2.05) is 11.3 Å². The smallest absolute Gasteiger partial charge is 0.0634 e. The molecule has 2 heterocycles. The van der Waals surface area contributed by atoms with Gasteiger partial charge in [0, 0.05) is 42.0 Å². The van der Waals surface area contributed by atoms with Crippen molar-refractivity contribution in [3.05, 3.63) is 164 Å². The Bertz CT molecular complexity index is 3240. The van der Waals surface area contributed by atoms with Crippen molar-refractivity contribution in [2.24, 2.45) is 0 Å². The van der Waals surface area contributed by atoms with Crippen molar-refractivity contribution in [3.8, 4) is 39.1 Å². The van der Waals surface area contributed by atoms with Crippen molar-refractivity contribution in [2.45, 2.75) is 0 Å². The molecule has 2 heteroatoms. The van der Waals surface area contributed by atoms with Crippen LogP contribution in [0.15, 0.2) is 164 Å². The summed E-state index contributed by atoms with van der Waals surface area (Å²) >= 11 is 1.92. The van der Waals surface area contributed by atoms with Gasteiger partial charge in [-0.1, -0.05) is 133 Å². The van der Waals surface area contributed by atoms with Gasteiger partial charge < -0.3 is 4.57 Å². The Hall–Kier alpha value is -6.22. The van der Waals surface area contributed by atoms with Gasteiger partial charge in [0.05, 0.1) is 11.0 Å². The molecule has 0 aliphatic heterocycles. The lowest BCUT2D eigenvalue weighted by Gasteiger charge is -2.13. The average molecular weight is 650 g/mol. The molecule has 12 rings (SSSR count). The Morgan fingerprint density at radius 2 is 1.02 bits per heavy atom. The summed E-state index contributed by atoms with van der Waals surface area (Å²) in [5.41, 5.74) is 11.6. The number of rotatable bonds is 2. The summed E-state index contributed by atoms with van der Waals surface area (Å²) in [6.07, 6.45) is 0. The van der Waals surface area contributed by atoms with E-state index < -0.39 is 0 Å². The molecule has 1 aliphatic carbocycles. The number of thiophene rings is 1. The second-order valence-electron chi connectivity index (χ2n) is 13.6.